The fourth-order valence-corrected chi connectivity index (χ4v) is 4.70. The van der Waals surface area contributed by atoms with E-state index in [0.29, 0.717) is 23.4 Å². The molecule has 1 spiro atoms. The summed E-state index contributed by atoms with van der Waals surface area (Å²) in [5.41, 5.74) is 2.54. The molecular formula is C25H22FN3O3. The summed E-state index contributed by atoms with van der Waals surface area (Å²) in [7, 11) is 0. The summed E-state index contributed by atoms with van der Waals surface area (Å²) >= 11 is 0. The van der Waals surface area contributed by atoms with Crippen LogP contribution in [0.3, 0.4) is 0 Å². The summed E-state index contributed by atoms with van der Waals surface area (Å²) in [5, 5.41) is 6.33. The van der Waals surface area contributed by atoms with E-state index in [4.69, 9.17) is 0 Å². The Labute approximate surface area is 184 Å². The van der Waals surface area contributed by atoms with E-state index >= 15 is 0 Å². The number of amides is 2. The highest BCUT2D eigenvalue weighted by atomic mass is 19.1. The molecule has 0 saturated heterocycles. The minimum absolute atomic E-state index is 0.00856. The van der Waals surface area contributed by atoms with Crippen molar-refractivity contribution >= 4 is 34.2 Å². The van der Waals surface area contributed by atoms with Crippen molar-refractivity contribution in [3.05, 3.63) is 77.8 Å². The number of halogens is 1. The van der Waals surface area contributed by atoms with Gasteiger partial charge in [0.1, 0.15) is 11.5 Å². The van der Waals surface area contributed by atoms with Gasteiger partial charge in [-0.1, -0.05) is 24.8 Å². The van der Waals surface area contributed by atoms with Crippen LogP contribution in [0.4, 0.5) is 10.1 Å². The summed E-state index contributed by atoms with van der Waals surface area (Å²) < 4.78 is 16.1. The molecule has 0 radical (unpaired) electrons. The van der Waals surface area contributed by atoms with Crippen LogP contribution in [0, 0.1) is 5.82 Å². The third-order valence-corrected chi connectivity index (χ3v) is 6.53. The molecule has 1 aromatic heterocycles. The van der Waals surface area contributed by atoms with E-state index in [-0.39, 0.29) is 29.3 Å². The van der Waals surface area contributed by atoms with Crippen LogP contribution in [0.1, 0.15) is 45.7 Å². The second-order valence-electron chi connectivity index (χ2n) is 8.51. The van der Waals surface area contributed by atoms with Gasteiger partial charge in [-0.25, -0.2) is 4.39 Å². The molecule has 1 aliphatic carbocycles. The van der Waals surface area contributed by atoms with Crippen LogP contribution in [0.15, 0.2) is 55.1 Å². The summed E-state index contributed by atoms with van der Waals surface area (Å²) in [4.78, 5) is 37.0. The molecule has 1 saturated carbocycles. The van der Waals surface area contributed by atoms with Gasteiger partial charge < -0.3 is 15.2 Å². The number of rotatable bonds is 5. The smallest absolute Gasteiger partial charge is 0.268 e. The first-order valence-electron chi connectivity index (χ1n) is 10.6. The highest BCUT2D eigenvalue weighted by Crippen LogP contribution is 2.44. The Morgan fingerprint density at radius 1 is 1.19 bits per heavy atom. The molecule has 2 heterocycles. The van der Waals surface area contributed by atoms with E-state index in [9.17, 15) is 18.8 Å². The van der Waals surface area contributed by atoms with Crippen molar-refractivity contribution in [1.82, 2.24) is 9.88 Å². The number of benzene rings is 2. The third kappa shape index (κ3) is 3.21. The molecule has 32 heavy (non-hydrogen) atoms. The molecule has 2 aromatic carbocycles. The Morgan fingerprint density at radius 2 is 2.00 bits per heavy atom. The minimum atomic E-state index is -0.582. The molecule has 0 unspecified atom stereocenters. The number of hydrogen-bond donors (Lipinski definition) is 2. The van der Waals surface area contributed by atoms with Crippen LogP contribution < -0.4 is 10.6 Å². The first-order chi connectivity index (χ1) is 15.4. The number of carbonyl (C=O) groups is 3. The van der Waals surface area contributed by atoms with E-state index in [2.05, 4.69) is 21.8 Å². The molecule has 1 fully saturated rings. The highest BCUT2D eigenvalue weighted by molar-refractivity contribution is 6.04. The molecule has 162 valence electrons. The average Bonchev–Trinajstić information content (AvgIpc) is 3.15. The van der Waals surface area contributed by atoms with E-state index in [1.165, 1.54) is 18.2 Å². The lowest BCUT2D eigenvalue weighted by molar-refractivity contribution is -0.111. The zero-order valence-corrected chi connectivity index (χ0v) is 17.4. The van der Waals surface area contributed by atoms with Crippen molar-refractivity contribution in [3.63, 3.8) is 0 Å². The number of hydrogen-bond acceptors (Lipinski definition) is 3. The highest BCUT2D eigenvalue weighted by Gasteiger charge is 2.44. The quantitative estimate of drug-likeness (QED) is 0.474. The first kappa shape index (κ1) is 20.2. The first-order valence-corrected chi connectivity index (χ1v) is 10.6. The molecule has 6 nitrogen and oxygen atoms in total. The van der Waals surface area contributed by atoms with Gasteiger partial charge in [0.05, 0.1) is 11.2 Å². The van der Waals surface area contributed by atoms with Crippen LogP contribution in [0.5, 0.6) is 0 Å². The van der Waals surface area contributed by atoms with Gasteiger partial charge in [-0.05, 0) is 55.2 Å². The van der Waals surface area contributed by atoms with Gasteiger partial charge in [0.2, 0.25) is 5.91 Å². The summed E-state index contributed by atoms with van der Waals surface area (Å²) in [5.74, 6) is -1.32. The van der Waals surface area contributed by atoms with Gasteiger partial charge >= 0.3 is 0 Å². The van der Waals surface area contributed by atoms with Gasteiger partial charge in [0, 0.05) is 29.4 Å². The van der Waals surface area contributed by atoms with E-state index in [1.807, 2.05) is 18.2 Å². The predicted octanol–water partition coefficient (Wildman–Crippen LogP) is 3.95. The summed E-state index contributed by atoms with van der Waals surface area (Å²) in [6.45, 7) is 3.96. The van der Waals surface area contributed by atoms with E-state index in [0.717, 1.165) is 36.2 Å². The van der Waals surface area contributed by atoms with Crippen molar-refractivity contribution in [2.75, 3.05) is 11.9 Å². The maximum Gasteiger partial charge on any atom is 0.268 e. The number of ketones is 1. The molecule has 5 rings (SSSR count). The lowest BCUT2D eigenvalue weighted by Crippen LogP contribution is -2.55. The van der Waals surface area contributed by atoms with Crippen LogP contribution in [0.25, 0.3) is 10.9 Å². The van der Waals surface area contributed by atoms with Gasteiger partial charge in [-0.3, -0.25) is 14.4 Å². The molecule has 3 aromatic rings. The van der Waals surface area contributed by atoms with Crippen molar-refractivity contribution in [2.45, 2.75) is 31.2 Å². The molecule has 0 bridgehead atoms. The molecule has 2 aliphatic rings. The monoisotopic (exact) mass is 431 g/mol. The Balaban J connectivity index is 1.47. The predicted molar refractivity (Wildman–Crippen MR) is 119 cm³/mol. The average molecular weight is 431 g/mol. The van der Waals surface area contributed by atoms with Crippen molar-refractivity contribution in [2.24, 2.45) is 0 Å². The normalized spacial score (nSPS) is 16.2. The summed E-state index contributed by atoms with van der Waals surface area (Å²) in [6.07, 6.45) is 4.22. The van der Waals surface area contributed by atoms with Crippen molar-refractivity contribution < 1.29 is 18.8 Å². The minimum Gasteiger partial charge on any atom is -0.348 e. The maximum atomic E-state index is 14.0. The topological polar surface area (TPSA) is 80.2 Å². The molecule has 1 aliphatic heterocycles. The fourth-order valence-electron chi connectivity index (χ4n) is 4.70. The number of carbonyl (C=O) groups excluding carboxylic acids is 3. The number of nitrogens with zero attached hydrogens (tertiary/aromatic N) is 1. The third-order valence-electron chi connectivity index (χ3n) is 6.53. The Morgan fingerprint density at radius 3 is 2.72 bits per heavy atom. The largest absolute Gasteiger partial charge is 0.348 e. The summed E-state index contributed by atoms with van der Waals surface area (Å²) in [6, 6.07) is 11.6. The Kier molecular flexibility index (Phi) is 4.69. The number of fused-ring (bicyclic) bond motifs is 4. The van der Waals surface area contributed by atoms with Gasteiger partial charge in [-0.15, -0.1) is 0 Å². The van der Waals surface area contributed by atoms with Crippen LogP contribution >= 0.6 is 0 Å². The van der Waals surface area contributed by atoms with Crippen LogP contribution in [0.2, 0.25) is 0 Å². The number of nitrogens with one attached hydrogen (secondary N) is 2. The van der Waals surface area contributed by atoms with Crippen molar-refractivity contribution in [3.8, 4) is 0 Å². The second kappa shape index (κ2) is 7.44. The van der Waals surface area contributed by atoms with Crippen LogP contribution in [-0.2, 0) is 16.8 Å². The van der Waals surface area contributed by atoms with Gasteiger partial charge in [-0.2, -0.15) is 0 Å². The number of aromatic nitrogens is 1. The molecule has 0 atom stereocenters. The zero-order valence-electron chi connectivity index (χ0n) is 17.4. The second-order valence-corrected chi connectivity index (χ2v) is 8.51. The molecule has 2 amide bonds. The maximum absolute atomic E-state index is 14.0. The lowest BCUT2D eigenvalue weighted by Gasteiger charge is -2.47. The Bertz CT molecular complexity index is 1300. The lowest BCUT2D eigenvalue weighted by atomic mass is 9.75. The zero-order chi connectivity index (χ0) is 22.5. The van der Waals surface area contributed by atoms with E-state index in [1.54, 1.807) is 6.07 Å². The SMILES string of the molecule is C=CC(=O)Nc1cc(CC(=O)c2ccc3cc4n(c3c2)C2(CCC2)CNC4=O)ccc1F. The standard InChI is InChI=1S/C25H22FN3O3/c1-2-23(31)28-19-10-15(4-7-18(19)26)11-22(30)17-6-5-16-12-21-24(32)27-14-25(8-3-9-25)29(21)20(16)13-17/h2,4-7,10,12-13H,1,3,8-9,11,14H2,(H,27,32)(H,28,31). The van der Waals surface area contributed by atoms with E-state index < -0.39 is 11.7 Å². The molecule has 2 N–H and O–H groups in total. The number of anilines is 1. The van der Waals surface area contributed by atoms with Crippen molar-refractivity contribution in [1.29, 1.82) is 0 Å². The van der Waals surface area contributed by atoms with Gasteiger partial charge in [0.25, 0.3) is 5.91 Å². The number of Topliss-reactive ketones (excluding diaryl/α,β-unsaturated/α-hetero) is 1. The fraction of sp³-hybridized carbons (Fsp3) is 0.240. The van der Waals surface area contributed by atoms with Gasteiger partial charge in [0.15, 0.2) is 5.78 Å². The molecule has 7 heteroatoms. The Hall–Kier alpha value is -3.74. The van der Waals surface area contributed by atoms with Crippen LogP contribution in [-0.4, -0.2) is 28.7 Å². The molecular weight excluding hydrogens is 409 g/mol.